The Bertz CT molecular complexity index is 833. The van der Waals surface area contributed by atoms with Crippen LogP contribution in [-0.2, 0) is 10.0 Å². The van der Waals surface area contributed by atoms with Crippen LogP contribution in [0.5, 0.6) is 0 Å². The van der Waals surface area contributed by atoms with Crippen molar-refractivity contribution >= 4 is 21.8 Å². The van der Waals surface area contributed by atoms with E-state index >= 15 is 0 Å². The van der Waals surface area contributed by atoms with Crippen LogP contribution in [0, 0.1) is 6.92 Å². The molecule has 0 amide bonds. The molecule has 0 radical (unpaired) electrons. The van der Waals surface area contributed by atoms with E-state index in [2.05, 4.69) is 18.8 Å². The zero-order chi connectivity index (χ0) is 18.0. The highest BCUT2D eigenvalue weighted by atomic mass is 32.2. The summed E-state index contributed by atoms with van der Waals surface area (Å²) in [5.41, 5.74) is 2.08. The molecule has 1 fully saturated rings. The fourth-order valence-electron chi connectivity index (χ4n) is 3.16. The Morgan fingerprint density at radius 1 is 1.20 bits per heavy atom. The van der Waals surface area contributed by atoms with Crippen molar-refractivity contribution < 1.29 is 8.42 Å². The van der Waals surface area contributed by atoms with Crippen molar-refractivity contribution in [2.75, 3.05) is 6.54 Å². The van der Waals surface area contributed by atoms with Gasteiger partial charge in [0.05, 0.1) is 10.9 Å². The van der Waals surface area contributed by atoms with Gasteiger partial charge in [-0.3, -0.25) is 0 Å². The van der Waals surface area contributed by atoms with Gasteiger partial charge in [-0.2, -0.15) is 4.31 Å². The summed E-state index contributed by atoms with van der Waals surface area (Å²) in [6, 6.07) is 10.9. The number of hydrogen-bond donors (Lipinski definition) is 0. The third kappa shape index (κ3) is 3.91. The predicted octanol–water partition coefficient (Wildman–Crippen LogP) is 4.42. The molecule has 1 aromatic carbocycles. The molecular formula is C19H24N2O2S2. The zero-order valence-corrected chi connectivity index (χ0v) is 16.5. The standard InChI is InChI=1S/C19H24N2O2S2/c1-14(2)24-19-17(6-4-12-20-19)18-7-5-13-21(18)25(22,23)16-10-8-15(3)9-11-16/h4,6,8-12,14,18H,5,7,13H2,1-3H3/t18-/m1/s1. The maximum Gasteiger partial charge on any atom is 0.243 e. The van der Waals surface area contributed by atoms with E-state index in [1.807, 2.05) is 31.2 Å². The van der Waals surface area contributed by atoms with Crippen molar-refractivity contribution in [1.82, 2.24) is 9.29 Å². The van der Waals surface area contributed by atoms with Gasteiger partial charge in [0.25, 0.3) is 0 Å². The second-order valence-corrected chi connectivity index (χ2v) is 10.1. The van der Waals surface area contributed by atoms with E-state index in [0.717, 1.165) is 29.0 Å². The predicted molar refractivity (Wildman–Crippen MR) is 102 cm³/mol. The van der Waals surface area contributed by atoms with Crippen molar-refractivity contribution in [2.45, 2.75) is 54.8 Å². The first-order chi connectivity index (χ1) is 11.9. The minimum absolute atomic E-state index is 0.138. The lowest BCUT2D eigenvalue weighted by atomic mass is 10.1. The van der Waals surface area contributed by atoms with E-state index in [-0.39, 0.29) is 6.04 Å². The summed E-state index contributed by atoms with van der Waals surface area (Å²) in [7, 11) is -3.50. The van der Waals surface area contributed by atoms with Crippen LogP contribution in [-0.4, -0.2) is 29.5 Å². The number of aryl methyl sites for hydroxylation is 1. The van der Waals surface area contributed by atoms with Gasteiger partial charge in [0.2, 0.25) is 10.0 Å². The average Bonchev–Trinajstić information content (AvgIpc) is 3.05. The van der Waals surface area contributed by atoms with Gasteiger partial charge in [-0.15, -0.1) is 11.8 Å². The summed E-state index contributed by atoms with van der Waals surface area (Å²) < 4.78 is 28.0. The minimum atomic E-state index is -3.50. The topological polar surface area (TPSA) is 50.3 Å². The number of benzene rings is 1. The van der Waals surface area contributed by atoms with E-state index in [9.17, 15) is 8.42 Å². The highest BCUT2D eigenvalue weighted by molar-refractivity contribution is 7.99. The smallest absolute Gasteiger partial charge is 0.243 e. The molecule has 1 aliphatic rings. The van der Waals surface area contributed by atoms with Crippen LogP contribution >= 0.6 is 11.8 Å². The highest BCUT2D eigenvalue weighted by Crippen LogP contribution is 2.40. The maximum absolute atomic E-state index is 13.2. The van der Waals surface area contributed by atoms with Crippen LogP contribution in [0.25, 0.3) is 0 Å². The van der Waals surface area contributed by atoms with E-state index < -0.39 is 10.0 Å². The van der Waals surface area contributed by atoms with E-state index in [4.69, 9.17) is 0 Å². The SMILES string of the molecule is Cc1ccc(S(=O)(=O)N2CCC[C@@H]2c2cccnc2SC(C)C)cc1. The number of aromatic nitrogens is 1. The quantitative estimate of drug-likeness (QED) is 0.725. The Kier molecular flexibility index (Phi) is 5.51. The van der Waals surface area contributed by atoms with Crippen LogP contribution in [0.1, 0.15) is 43.9 Å². The normalized spacial score (nSPS) is 18.8. The molecule has 2 heterocycles. The Labute approximate surface area is 154 Å². The fourth-order valence-corrected chi connectivity index (χ4v) is 5.75. The molecule has 3 rings (SSSR count). The van der Waals surface area contributed by atoms with Gasteiger partial charge in [0.15, 0.2) is 0 Å². The number of nitrogens with zero attached hydrogens (tertiary/aromatic N) is 2. The largest absolute Gasteiger partial charge is 0.250 e. The second kappa shape index (κ2) is 7.48. The Morgan fingerprint density at radius 2 is 1.92 bits per heavy atom. The summed E-state index contributed by atoms with van der Waals surface area (Å²) in [5.74, 6) is 0. The van der Waals surface area contributed by atoms with Gasteiger partial charge in [-0.05, 0) is 38.0 Å². The summed E-state index contributed by atoms with van der Waals surface area (Å²) in [4.78, 5) is 4.87. The molecule has 25 heavy (non-hydrogen) atoms. The summed E-state index contributed by atoms with van der Waals surface area (Å²) in [6.45, 7) is 6.76. The molecule has 4 nitrogen and oxygen atoms in total. The molecule has 1 atom stereocenters. The molecule has 2 aromatic rings. The van der Waals surface area contributed by atoms with E-state index in [1.165, 1.54) is 0 Å². The lowest BCUT2D eigenvalue weighted by molar-refractivity contribution is 0.391. The molecule has 1 aliphatic heterocycles. The molecule has 0 unspecified atom stereocenters. The molecule has 0 N–H and O–H groups in total. The van der Waals surface area contributed by atoms with Crippen molar-refractivity contribution in [3.63, 3.8) is 0 Å². The van der Waals surface area contributed by atoms with Gasteiger partial charge < -0.3 is 0 Å². The average molecular weight is 377 g/mol. The molecule has 0 saturated carbocycles. The molecular weight excluding hydrogens is 352 g/mol. The first-order valence-electron chi connectivity index (χ1n) is 8.59. The monoisotopic (exact) mass is 376 g/mol. The molecule has 0 aliphatic carbocycles. The van der Waals surface area contributed by atoms with E-state index in [1.54, 1.807) is 34.4 Å². The summed E-state index contributed by atoms with van der Waals surface area (Å²) in [6.07, 6.45) is 3.49. The van der Waals surface area contributed by atoms with Crippen LogP contribution in [0.3, 0.4) is 0 Å². The van der Waals surface area contributed by atoms with Gasteiger partial charge in [0.1, 0.15) is 5.03 Å². The van der Waals surface area contributed by atoms with E-state index in [0.29, 0.717) is 16.7 Å². The van der Waals surface area contributed by atoms with Gasteiger partial charge in [-0.1, -0.05) is 37.6 Å². The molecule has 6 heteroatoms. The first kappa shape index (κ1) is 18.4. The van der Waals surface area contributed by atoms with Gasteiger partial charge in [0, 0.05) is 23.6 Å². The van der Waals surface area contributed by atoms with Crippen LogP contribution in [0.15, 0.2) is 52.5 Å². The molecule has 0 spiro atoms. The van der Waals surface area contributed by atoms with Crippen molar-refractivity contribution in [1.29, 1.82) is 0 Å². The summed E-state index contributed by atoms with van der Waals surface area (Å²) >= 11 is 1.69. The number of thioether (sulfide) groups is 1. The lowest BCUT2D eigenvalue weighted by Gasteiger charge is -2.26. The maximum atomic E-state index is 13.2. The molecule has 134 valence electrons. The third-order valence-electron chi connectivity index (χ3n) is 4.34. The fraction of sp³-hybridized carbons (Fsp3) is 0.421. The number of pyridine rings is 1. The zero-order valence-electron chi connectivity index (χ0n) is 14.8. The third-order valence-corrected chi connectivity index (χ3v) is 7.30. The summed E-state index contributed by atoms with van der Waals surface area (Å²) in [5, 5.41) is 1.34. The number of sulfonamides is 1. The van der Waals surface area contributed by atoms with Gasteiger partial charge in [-0.25, -0.2) is 13.4 Å². The Balaban J connectivity index is 1.97. The number of rotatable bonds is 5. The van der Waals surface area contributed by atoms with Crippen LogP contribution in [0.4, 0.5) is 0 Å². The van der Waals surface area contributed by atoms with Crippen molar-refractivity contribution in [2.24, 2.45) is 0 Å². The Morgan fingerprint density at radius 3 is 2.60 bits per heavy atom. The second-order valence-electron chi connectivity index (χ2n) is 6.65. The molecule has 1 aromatic heterocycles. The van der Waals surface area contributed by atoms with Gasteiger partial charge >= 0.3 is 0 Å². The molecule has 0 bridgehead atoms. The highest BCUT2D eigenvalue weighted by Gasteiger charge is 2.37. The lowest BCUT2D eigenvalue weighted by Crippen LogP contribution is -2.31. The number of hydrogen-bond acceptors (Lipinski definition) is 4. The first-order valence-corrected chi connectivity index (χ1v) is 10.9. The Hall–Kier alpha value is -1.37. The van der Waals surface area contributed by atoms with Crippen LogP contribution < -0.4 is 0 Å². The van der Waals surface area contributed by atoms with Crippen molar-refractivity contribution in [3.8, 4) is 0 Å². The van der Waals surface area contributed by atoms with Crippen LogP contribution in [0.2, 0.25) is 0 Å². The van der Waals surface area contributed by atoms with Crippen molar-refractivity contribution in [3.05, 3.63) is 53.7 Å². The molecule has 1 saturated heterocycles. The minimum Gasteiger partial charge on any atom is -0.250 e.